The molecule has 0 spiro atoms. The summed E-state index contributed by atoms with van der Waals surface area (Å²) in [6.45, 7) is 1.19. The van der Waals surface area contributed by atoms with Crippen molar-refractivity contribution in [1.29, 1.82) is 0 Å². The Bertz CT molecular complexity index is 616. The van der Waals surface area contributed by atoms with Gasteiger partial charge in [0.25, 0.3) is 0 Å². The van der Waals surface area contributed by atoms with Gasteiger partial charge in [-0.25, -0.2) is 0 Å². The molecule has 1 fully saturated rings. The lowest BCUT2D eigenvalue weighted by atomic mass is 9.75. The van der Waals surface area contributed by atoms with E-state index < -0.39 is 0 Å². The summed E-state index contributed by atoms with van der Waals surface area (Å²) in [6.07, 6.45) is 6.05. The average Bonchev–Trinajstić information content (AvgIpc) is 2.79. The van der Waals surface area contributed by atoms with Gasteiger partial charge in [-0.3, -0.25) is 0 Å². The van der Waals surface area contributed by atoms with Crippen LogP contribution in [0.5, 0.6) is 0 Å². The fourth-order valence-electron chi connectivity index (χ4n) is 3.96. The Hall–Kier alpha value is -0.930. The first-order valence-electron chi connectivity index (χ1n) is 7.23. The van der Waals surface area contributed by atoms with Crippen LogP contribution in [0.2, 0.25) is 0 Å². The van der Waals surface area contributed by atoms with Crippen LogP contribution in [0.3, 0.4) is 0 Å². The van der Waals surface area contributed by atoms with Gasteiger partial charge >= 0.3 is 0 Å². The number of aromatic amines is 1. The highest BCUT2D eigenvalue weighted by molar-refractivity contribution is 7.97. The first-order chi connectivity index (χ1) is 9.38. The highest BCUT2D eigenvalue weighted by Gasteiger charge is 2.34. The number of thioether (sulfide) groups is 1. The van der Waals surface area contributed by atoms with E-state index in [9.17, 15) is 0 Å². The van der Waals surface area contributed by atoms with Crippen LogP contribution in [0.1, 0.15) is 35.6 Å². The zero-order valence-corrected chi connectivity index (χ0v) is 12.1. The van der Waals surface area contributed by atoms with Crippen LogP contribution in [0, 0.1) is 0 Å². The van der Waals surface area contributed by atoms with Crippen molar-refractivity contribution in [3.05, 3.63) is 35.0 Å². The molecule has 0 saturated carbocycles. The molecule has 0 radical (unpaired) electrons. The molecule has 3 heteroatoms. The zero-order valence-electron chi connectivity index (χ0n) is 11.3. The molecule has 0 bridgehead atoms. The number of H-pyrrole nitrogens is 1. The minimum absolute atomic E-state index is 0.656. The molecule has 2 heterocycles. The molecule has 2 N–H and O–H groups in total. The smallest absolute Gasteiger partial charge is 0.0462 e. The van der Waals surface area contributed by atoms with E-state index in [0.29, 0.717) is 6.04 Å². The molecule has 1 saturated heterocycles. The molecule has 1 aromatic heterocycles. The fraction of sp³-hybridized carbons (Fsp3) is 0.500. The van der Waals surface area contributed by atoms with E-state index in [4.69, 9.17) is 0 Å². The third-order valence-electron chi connectivity index (χ3n) is 4.74. The maximum Gasteiger partial charge on any atom is 0.0462 e. The molecular formula is C16H20N2S. The van der Waals surface area contributed by atoms with Gasteiger partial charge in [0.2, 0.25) is 0 Å². The number of rotatable bonds is 2. The van der Waals surface area contributed by atoms with Gasteiger partial charge in [-0.05, 0) is 49.3 Å². The van der Waals surface area contributed by atoms with E-state index >= 15 is 0 Å². The Morgan fingerprint density at radius 2 is 2.32 bits per heavy atom. The molecule has 19 heavy (non-hydrogen) atoms. The number of fused-ring (bicyclic) bond motifs is 2. The summed E-state index contributed by atoms with van der Waals surface area (Å²) in [5, 5.41) is 5.28. The summed E-state index contributed by atoms with van der Waals surface area (Å²) in [4.78, 5) is 3.66. The largest absolute Gasteiger partial charge is 0.357 e. The normalized spacial score (nSPS) is 25.5. The van der Waals surface area contributed by atoms with Crippen LogP contribution in [0.4, 0.5) is 0 Å². The van der Waals surface area contributed by atoms with Crippen LogP contribution in [-0.4, -0.2) is 23.8 Å². The summed E-state index contributed by atoms with van der Waals surface area (Å²) in [5.41, 5.74) is 5.96. The Balaban J connectivity index is 1.92. The van der Waals surface area contributed by atoms with Gasteiger partial charge < -0.3 is 10.3 Å². The van der Waals surface area contributed by atoms with E-state index in [-0.39, 0.29) is 0 Å². The van der Waals surface area contributed by atoms with Crippen molar-refractivity contribution in [2.45, 2.75) is 37.0 Å². The lowest BCUT2D eigenvalue weighted by molar-refractivity contribution is 0.345. The molecule has 1 aliphatic heterocycles. The number of aromatic nitrogens is 1. The highest BCUT2D eigenvalue weighted by Crippen LogP contribution is 2.42. The van der Waals surface area contributed by atoms with Crippen LogP contribution >= 0.6 is 11.8 Å². The lowest BCUT2D eigenvalue weighted by Crippen LogP contribution is -2.43. The van der Waals surface area contributed by atoms with Gasteiger partial charge in [0.05, 0.1) is 0 Å². The van der Waals surface area contributed by atoms with Gasteiger partial charge in [0.15, 0.2) is 0 Å². The first kappa shape index (κ1) is 11.9. The van der Waals surface area contributed by atoms with E-state index in [1.54, 1.807) is 11.1 Å². The molecule has 2 atom stereocenters. The Kier molecular flexibility index (Phi) is 2.85. The molecular weight excluding hydrogens is 252 g/mol. The van der Waals surface area contributed by atoms with Crippen LogP contribution in [-0.2, 0) is 12.2 Å². The van der Waals surface area contributed by atoms with E-state index in [1.807, 2.05) is 11.8 Å². The number of hydrogen-bond donors (Lipinski definition) is 2. The van der Waals surface area contributed by atoms with Gasteiger partial charge in [-0.15, -0.1) is 0 Å². The van der Waals surface area contributed by atoms with Crippen molar-refractivity contribution >= 4 is 22.7 Å². The maximum absolute atomic E-state index is 3.74. The highest BCUT2D eigenvalue weighted by atomic mass is 32.2. The molecule has 4 rings (SSSR count). The molecule has 1 aromatic carbocycles. The summed E-state index contributed by atoms with van der Waals surface area (Å²) < 4.78 is 0. The molecule has 100 valence electrons. The second kappa shape index (κ2) is 4.57. The van der Waals surface area contributed by atoms with Crippen molar-refractivity contribution in [3.8, 4) is 0 Å². The third kappa shape index (κ3) is 1.75. The lowest BCUT2D eigenvalue weighted by Gasteiger charge is -2.37. The van der Waals surface area contributed by atoms with Crippen molar-refractivity contribution in [1.82, 2.24) is 10.3 Å². The molecule has 2 nitrogen and oxygen atoms in total. The second-order valence-electron chi connectivity index (χ2n) is 5.80. The Morgan fingerprint density at radius 1 is 1.37 bits per heavy atom. The van der Waals surface area contributed by atoms with E-state index in [2.05, 4.69) is 34.8 Å². The Morgan fingerprint density at radius 3 is 3.21 bits per heavy atom. The third-order valence-corrected chi connectivity index (χ3v) is 5.32. The van der Waals surface area contributed by atoms with Crippen LogP contribution in [0.25, 0.3) is 10.9 Å². The number of benzene rings is 1. The predicted octanol–water partition coefficient (Wildman–Crippen LogP) is 3.42. The van der Waals surface area contributed by atoms with Crippen molar-refractivity contribution < 1.29 is 0 Å². The Labute approximate surface area is 118 Å². The summed E-state index contributed by atoms with van der Waals surface area (Å²) >= 11 is 1.91. The van der Waals surface area contributed by atoms with Crippen molar-refractivity contribution in [2.24, 2.45) is 0 Å². The fourth-order valence-corrected chi connectivity index (χ4v) is 4.50. The monoisotopic (exact) mass is 272 g/mol. The van der Waals surface area contributed by atoms with Gasteiger partial charge in [-0.1, -0.05) is 12.1 Å². The quantitative estimate of drug-likeness (QED) is 0.876. The summed E-state index contributed by atoms with van der Waals surface area (Å²) in [5.74, 6) is 1.82. The topological polar surface area (TPSA) is 27.8 Å². The number of nitrogens with one attached hydrogen (secondary N) is 2. The number of hydrogen-bond acceptors (Lipinski definition) is 2. The van der Waals surface area contributed by atoms with Gasteiger partial charge in [0.1, 0.15) is 0 Å². The van der Waals surface area contributed by atoms with Crippen LogP contribution < -0.4 is 5.32 Å². The van der Waals surface area contributed by atoms with Crippen LogP contribution in [0.15, 0.2) is 18.2 Å². The first-order valence-corrected chi connectivity index (χ1v) is 8.62. The maximum atomic E-state index is 3.74. The SMILES string of the molecule is CSCc1[nH]c2cccc3c2c1CC1NCCCC31. The molecule has 2 aromatic rings. The molecule has 2 unspecified atom stereocenters. The second-order valence-corrected chi connectivity index (χ2v) is 6.66. The molecule has 0 amide bonds. The average molecular weight is 272 g/mol. The molecule has 1 aliphatic carbocycles. The zero-order chi connectivity index (χ0) is 12.8. The van der Waals surface area contributed by atoms with Gasteiger partial charge in [-0.2, -0.15) is 11.8 Å². The van der Waals surface area contributed by atoms with Crippen molar-refractivity contribution in [2.75, 3.05) is 12.8 Å². The van der Waals surface area contributed by atoms with Crippen molar-refractivity contribution in [3.63, 3.8) is 0 Å². The predicted molar refractivity (Wildman–Crippen MR) is 83.0 cm³/mol. The number of piperidine rings is 1. The summed E-state index contributed by atoms with van der Waals surface area (Å²) in [7, 11) is 0. The van der Waals surface area contributed by atoms with E-state index in [1.165, 1.54) is 42.4 Å². The minimum Gasteiger partial charge on any atom is -0.357 e. The van der Waals surface area contributed by atoms with E-state index in [0.717, 1.165) is 11.7 Å². The van der Waals surface area contributed by atoms with Gasteiger partial charge in [0, 0.05) is 34.3 Å². The minimum atomic E-state index is 0.656. The molecule has 2 aliphatic rings. The standard InChI is InChI=1S/C16H20N2S/c1-19-9-15-12-8-14-10(5-3-7-17-14)11-4-2-6-13(18-15)16(11)12/h2,4,6,10,14,17-18H,3,5,7-9H2,1H3. The summed E-state index contributed by atoms with van der Waals surface area (Å²) in [6, 6.07) is 7.47.